The highest BCUT2D eigenvalue weighted by Gasteiger charge is 2.24. The first kappa shape index (κ1) is 14.9. The van der Waals surface area contributed by atoms with Gasteiger partial charge in [-0.15, -0.1) is 0 Å². The maximum absolute atomic E-state index is 13.6. The number of hydrogen-bond donors (Lipinski definition) is 1. The van der Waals surface area contributed by atoms with E-state index in [0.717, 1.165) is 6.07 Å². The Bertz CT molecular complexity index is 488. The lowest BCUT2D eigenvalue weighted by Gasteiger charge is -2.25. The van der Waals surface area contributed by atoms with Gasteiger partial charge < -0.3 is 14.7 Å². The third kappa shape index (κ3) is 3.67. The van der Waals surface area contributed by atoms with Crippen LogP contribution in [0.5, 0.6) is 5.75 Å². The van der Waals surface area contributed by atoms with Gasteiger partial charge in [0.05, 0.1) is 12.7 Å². The topological polar surface area (TPSA) is 66.8 Å². The molecule has 0 aromatic heterocycles. The Balaban J connectivity index is 3.02. The number of hydrogen-bond acceptors (Lipinski definition) is 4. The molecule has 0 fully saturated rings. The van der Waals surface area contributed by atoms with Crippen LogP contribution in [0.15, 0.2) is 18.2 Å². The quantitative estimate of drug-likeness (QED) is 0.842. The summed E-state index contributed by atoms with van der Waals surface area (Å²) in [5.41, 5.74) is -0.199. The molecule has 1 rings (SSSR count). The third-order valence-corrected chi connectivity index (χ3v) is 2.59. The Labute approximate surface area is 110 Å². The molecule has 1 aromatic carbocycles. The number of benzene rings is 1. The molecule has 5 nitrogen and oxygen atoms in total. The second-order valence-electron chi connectivity index (χ2n) is 4.27. The molecule has 0 aliphatic heterocycles. The van der Waals surface area contributed by atoms with Crippen LogP contribution < -0.4 is 0 Å². The van der Waals surface area contributed by atoms with E-state index in [1.165, 1.54) is 24.1 Å². The van der Waals surface area contributed by atoms with E-state index in [1.54, 1.807) is 13.8 Å². The lowest BCUT2D eigenvalue weighted by molar-refractivity contribution is -0.141. The highest BCUT2D eigenvalue weighted by atomic mass is 19.1. The van der Waals surface area contributed by atoms with Crippen LogP contribution in [0.4, 0.5) is 4.39 Å². The van der Waals surface area contributed by atoms with E-state index < -0.39 is 17.7 Å². The molecule has 0 radical (unpaired) electrons. The van der Waals surface area contributed by atoms with E-state index in [9.17, 15) is 14.0 Å². The zero-order valence-electron chi connectivity index (χ0n) is 11.0. The Kier molecular flexibility index (Phi) is 4.86. The highest BCUT2D eigenvalue weighted by Crippen LogP contribution is 2.17. The van der Waals surface area contributed by atoms with Crippen LogP contribution >= 0.6 is 0 Å². The van der Waals surface area contributed by atoms with Crippen molar-refractivity contribution in [3.63, 3.8) is 0 Å². The number of methoxy groups -OCH3 is 1. The smallest absolute Gasteiger partial charge is 0.325 e. The molecule has 0 atom stereocenters. The molecule has 1 N–H and O–H groups in total. The van der Waals surface area contributed by atoms with Gasteiger partial charge in [0, 0.05) is 12.1 Å². The normalized spacial score (nSPS) is 10.4. The fourth-order valence-electron chi connectivity index (χ4n) is 1.52. The molecule has 0 unspecified atom stereocenters. The second kappa shape index (κ2) is 6.17. The number of amides is 1. The molecular weight excluding hydrogens is 253 g/mol. The van der Waals surface area contributed by atoms with Crippen molar-refractivity contribution in [1.29, 1.82) is 0 Å². The SMILES string of the molecule is COC(=O)CN(C(=O)c1ccc(O)cc1F)C(C)C. The lowest BCUT2D eigenvalue weighted by atomic mass is 10.1. The van der Waals surface area contributed by atoms with E-state index >= 15 is 0 Å². The summed E-state index contributed by atoms with van der Waals surface area (Å²) < 4.78 is 18.1. The van der Waals surface area contributed by atoms with Gasteiger partial charge >= 0.3 is 5.97 Å². The summed E-state index contributed by atoms with van der Waals surface area (Å²) in [7, 11) is 1.21. The van der Waals surface area contributed by atoms with E-state index in [-0.39, 0.29) is 23.9 Å². The van der Waals surface area contributed by atoms with Crippen LogP contribution in [0.1, 0.15) is 24.2 Å². The maximum Gasteiger partial charge on any atom is 0.325 e. The van der Waals surface area contributed by atoms with Crippen LogP contribution in [0.2, 0.25) is 0 Å². The average molecular weight is 269 g/mol. The van der Waals surface area contributed by atoms with Crippen molar-refractivity contribution in [2.75, 3.05) is 13.7 Å². The number of esters is 1. The number of rotatable bonds is 4. The van der Waals surface area contributed by atoms with E-state index in [1.807, 2.05) is 0 Å². The summed E-state index contributed by atoms with van der Waals surface area (Å²) >= 11 is 0. The molecule has 0 saturated carbocycles. The summed E-state index contributed by atoms with van der Waals surface area (Å²) in [6, 6.07) is 2.95. The monoisotopic (exact) mass is 269 g/mol. The molecule has 0 spiro atoms. The number of carbonyl (C=O) groups excluding carboxylic acids is 2. The van der Waals surface area contributed by atoms with Gasteiger partial charge in [-0.3, -0.25) is 9.59 Å². The predicted octanol–water partition coefficient (Wildman–Crippen LogP) is 1.55. The average Bonchev–Trinajstić information content (AvgIpc) is 2.34. The number of aromatic hydroxyl groups is 1. The number of carbonyl (C=O) groups is 2. The zero-order chi connectivity index (χ0) is 14.6. The van der Waals surface area contributed by atoms with Gasteiger partial charge in [-0.2, -0.15) is 0 Å². The molecule has 6 heteroatoms. The second-order valence-corrected chi connectivity index (χ2v) is 4.27. The van der Waals surface area contributed by atoms with Crippen LogP contribution in [0.3, 0.4) is 0 Å². The fourth-order valence-corrected chi connectivity index (χ4v) is 1.52. The summed E-state index contributed by atoms with van der Waals surface area (Å²) in [6.45, 7) is 3.16. The Hall–Kier alpha value is -2.11. The van der Waals surface area contributed by atoms with E-state index in [4.69, 9.17) is 5.11 Å². The first-order chi connectivity index (χ1) is 8.86. The minimum absolute atomic E-state index is 0.199. The summed E-state index contributed by atoms with van der Waals surface area (Å²) in [5, 5.41) is 9.11. The van der Waals surface area contributed by atoms with Crippen molar-refractivity contribution < 1.29 is 23.8 Å². The standard InChI is InChI=1S/C13H16FNO4/c1-8(2)15(7-12(17)19-3)13(18)10-5-4-9(16)6-11(10)14/h4-6,8,16H,7H2,1-3H3. The number of phenols is 1. The number of ether oxygens (including phenoxy) is 1. The van der Waals surface area contributed by atoms with Gasteiger partial charge in [-0.25, -0.2) is 4.39 Å². The molecule has 0 heterocycles. The summed E-state index contributed by atoms with van der Waals surface area (Å²) in [5.74, 6) is -2.31. The van der Waals surface area contributed by atoms with Crippen molar-refractivity contribution in [3.8, 4) is 5.75 Å². The van der Waals surface area contributed by atoms with Crippen LogP contribution in [0.25, 0.3) is 0 Å². The molecule has 19 heavy (non-hydrogen) atoms. The van der Waals surface area contributed by atoms with Crippen LogP contribution in [-0.4, -0.2) is 41.6 Å². The Morgan fingerprint density at radius 1 is 1.42 bits per heavy atom. The Morgan fingerprint density at radius 2 is 2.05 bits per heavy atom. The van der Waals surface area contributed by atoms with Crippen molar-refractivity contribution in [1.82, 2.24) is 4.90 Å². The van der Waals surface area contributed by atoms with E-state index in [2.05, 4.69) is 4.74 Å². The fraction of sp³-hybridized carbons (Fsp3) is 0.385. The molecule has 0 aliphatic rings. The molecule has 0 bridgehead atoms. The van der Waals surface area contributed by atoms with Gasteiger partial charge in [-0.1, -0.05) is 0 Å². The molecular formula is C13H16FNO4. The minimum atomic E-state index is -0.833. The van der Waals surface area contributed by atoms with Crippen molar-refractivity contribution in [3.05, 3.63) is 29.6 Å². The first-order valence-electron chi connectivity index (χ1n) is 5.73. The van der Waals surface area contributed by atoms with Gasteiger partial charge in [0.25, 0.3) is 5.91 Å². The molecule has 0 aliphatic carbocycles. The van der Waals surface area contributed by atoms with Crippen molar-refractivity contribution in [2.24, 2.45) is 0 Å². The van der Waals surface area contributed by atoms with Crippen molar-refractivity contribution in [2.45, 2.75) is 19.9 Å². The van der Waals surface area contributed by atoms with Crippen molar-refractivity contribution >= 4 is 11.9 Å². The first-order valence-corrected chi connectivity index (χ1v) is 5.73. The number of nitrogens with zero attached hydrogens (tertiary/aromatic N) is 1. The number of phenolic OH excluding ortho intramolecular Hbond substituents is 1. The third-order valence-electron chi connectivity index (χ3n) is 2.59. The summed E-state index contributed by atoms with van der Waals surface area (Å²) in [4.78, 5) is 24.6. The zero-order valence-corrected chi connectivity index (χ0v) is 11.0. The maximum atomic E-state index is 13.6. The van der Waals surface area contributed by atoms with Crippen LogP contribution in [-0.2, 0) is 9.53 Å². The molecule has 0 saturated heterocycles. The lowest BCUT2D eigenvalue weighted by Crippen LogP contribution is -2.41. The number of halogens is 1. The molecule has 1 amide bonds. The van der Waals surface area contributed by atoms with Crippen LogP contribution in [0, 0.1) is 5.82 Å². The largest absolute Gasteiger partial charge is 0.508 e. The minimum Gasteiger partial charge on any atom is -0.508 e. The Morgan fingerprint density at radius 3 is 2.53 bits per heavy atom. The predicted molar refractivity (Wildman–Crippen MR) is 66.3 cm³/mol. The van der Waals surface area contributed by atoms with Gasteiger partial charge in [-0.05, 0) is 26.0 Å². The van der Waals surface area contributed by atoms with E-state index in [0.29, 0.717) is 0 Å². The summed E-state index contributed by atoms with van der Waals surface area (Å²) in [6.07, 6.45) is 0. The highest BCUT2D eigenvalue weighted by molar-refractivity contribution is 5.96. The molecule has 1 aromatic rings. The van der Waals surface area contributed by atoms with Gasteiger partial charge in [0.2, 0.25) is 0 Å². The molecule has 104 valence electrons. The van der Waals surface area contributed by atoms with Gasteiger partial charge in [0.15, 0.2) is 0 Å². The van der Waals surface area contributed by atoms with Gasteiger partial charge in [0.1, 0.15) is 18.1 Å².